The summed E-state index contributed by atoms with van der Waals surface area (Å²) in [6, 6.07) is 9.45. The van der Waals surface area contributed by atoms with Gasteiger partial charge in [0.2, 0.25) is 0 Å². The molecule has 1 aliphatic rings. The van der Waals surface area contributed by atoms with Crippen LogP contribution in [0.1, 0.15) is 28.9 Å². The van der Waals surface area contributed by atoms with Crippen molar-refractivity contribution in [1.82, 2.24) is 14.5 Å². The first-order valence-electron chi connectivity index (χ1n) is 11.3. The molecule has 1 fully saturated rings. The van der Waals surface area contributed by atoms with Crippen molar-refractivity contribution in [3.05, 3.63) is 52.8 Å². The summed E-state index contributed by atoms with van der Waals surface area (Å²) in [5, 5.41) is 10.0. The number of pyridine rings is 1. The summed E-state index contributed by atoms with van der Waals surface area (Å²) in [5.74, 6) is 1.01. The smallest absolute Gasteiger partial charge is 0.180 e. The number of hydrogen-bond acceptors (Lipinski definition) is 6. The van der Waals surface area contributed by atoms with Gasteiger partial charge in [0, 0.05) is 36.2 Å². The maximum absolute atomic E-state index is 13.5. The Balaban J connectivity index is 1.70. The molecule has 3 aromatic rings. The van der Waals surface area contributed by atoms with Gasteiger partial charge in [-0.3, -0.25) is 9.69 Å². The number of Topliss-reactive ketones (excluding diaryl/α,β-unsaturated/α-hetero) is 1. The summed E-state index contributed by atoms with van der Waals surface area (Å²) < 4.78 is 12.9. The van der Waals surface area contributed by atoms with Gasteiger partial charge in [0.1, 0.15) is 12.4 Å². The van der Waals surface area contributed by atoms with Gasteiger partial charge in [-0.2, -0.15) is 0 Å². The van der Waals surface area contributed by atoms with Crippen molar-refractivity contribution < 1.29 is 19.4 Å². The molecule has 0 bridgehead atoms. The van der Waals surface area contributed by atoms with E-state index < -0.39 is 0 Å². The molecule has 0 saturated carbocycles. The molecule has 0 aliphatic carbocycles. The highest BCUT2D eigenvalue weighted by molar-refractivity contribution is 6.30. The first kappa shape index (κ1) is 23.7. The molecule has 0 unspecified atom stereocenters. The lowest BCUT2D eigenvalue weighted by molar-refractivity contribution is 0.0865. The largest absolute Gasteiger partial charge is 0.489 e. The van der Waals surface area contributed by atoms with Crippen LogP contribution in [0.15, 0.2) is 36.5 Å². The number of fused-ring (bicyclic) bond motifs is 1. The Bertz CT molecular complexity index is 1110. The Morgan fingerprint density at radius 1 is 1.21 bits per heavy atom. The van der Waals surface area contributed by atoms with Gasteiger partial charge in [0.25, 0.3) is 0 Å². The van der Waals surface area contributed by atoms with E-state index in [9.17, 15) is 9.90 Å². The maximum atomic E-state index is 13.5. The average Bonchev–Trinajstić information content (AvgIpc) is 3.11. The summed E-state index contributed by atoms with van der Waals surface area (Å²) in [6.45, 7) is 5.03. The van der Waals surface area contributed by atoms with Crippen LogP contribution in [0.2, 0.25) is 5.02 Å². The third-order valence-corrected chi connectivity index (χ3v) is 6.52. The van der Waals surface area contributed by atoms with E-state index in [1.54, 1.807) is 13.3 Å². The van der Waals surface area contributed by atoms with Crippen LogP contribution in [-0.2, 0) is 4.74 Å². The molecule has 1 saturated heterocycles. The average molecular weight is 472 g/mol. The van der Waals surface area contributed by atoms with Crippen molar-refractivity contribution in [2.75, 3.05) is 46.6 Å². The van der Waals surface area contributed by atoms with E-state index in [0.717, 1.165) is 42.8 Å². The van der Waals surface area contributed by atoms with Crippen molar-refractivity contribution in [2.45, 2.75) is 19.8 Å². The normalized spacial score (nSPS) is 15.3. The van der Waals surface area contributed by atoms with Gasteiger partial charge in [-0.15, -0.1) is 0 Å². The fourth-order valence-corrected chi connectivity index (χ4v) is 4.58. The molecule has 2 aromatic heterocycles. The molecule has 33 heavy (non-hydrogen) atoms. The Hall–Kier alpha value is -2.45. The fourth-order valence-electron chi connectivity index (χ4n) is 4.45. The minimum absolute atomic E-state index is 0.0493. The number of ketones is 1. The second-order valence-corrected chi connectivity index (χ2v) is 8.91. The van der Waals surface area contributed by atoms with Crippen molar-refractivity contribution in [3.63, 3.8) is 0 Å². The Kier molecular flexibility index (Phi) is 7.65. The van der Waals surface area contributed by atoms with Gasteiger partial charge in [0.15, 0.2) is 5.78 Å². The van der Waals surface area contributed by atoms with Crippen molar-refractivity contribution in [2.24, 2.45) is 5.92 Å². The summed E-state index contributed by atoms with van der Waals surface area (Å²) in [4.78, 5) is 20.3. The molecule has 0 amide bonds. The zero-order chi connectivity index (χ0) is 23.4. The minimum atomic E-state index is 0.0493. The van der Waals surface area contributed by atoms with Crippen LogP contribution < -0.4 is 4.74 Å². The molecule has 8 heteroatoms. The predicted molar refractivity (Wildman–Crippen MR) is 129 cm³/mol. The summed E-state index contributed by atoms with van der Waals surface area (Å²) in [6.07, 6.45) is 3.48. The Morgan fingerprint density at radius 2 is 1.94 bits per heavy atom. The van der Waals surface area contributed by atoms with Gasteiger partial charge in [0.05, 0.1) is 35.9 Å². The quantitative estimate of drug-likeness (QED) is 0.377. The van der Waals surface area contributed by atoms with Crippen LogP contribution in [0, 0.1) is 12.8 Å². The van der Waals surface area contributed by atoms with Crippen molar-refractivity contribution in [1.29, 1.82) is 0 Å². The Morgan fingerprint density at radius 3 is 2.61 bits per heavy atom. The summed E-state index contributed by atoms with van der Waals surface area (Å²) in [7, 11) is 1.63. The number of carbonyl (C=O) groups excluding carboxylic acids is 1. The van der Waals surface area contributed by atoms with Crippen LogP contribution in [0.3, 0.4) is 0 Å². The van der Waals surface area contributed by atoms with Gasteiger partial charge in [-0.05, 0) is 63.0 Å². The number of piperidine rings is 1. The van der Waals surface area contributed by atoms with Gasteiger partial charge in [-0.25, -0.2) is 4.98 Å². The topological polar surface area (TPSA) is 76.8 Å². The van der Waals surface area contributed by atoms with E-state index in [1.807, 2.05) is 41.8 Å². The summed E-state index contributed by atoms with van der Waals surface area (Å²) >= 11 is 6.11. The zero-order valence-electron chi connectivity index (χ0n) is 19.1. The molecule has 1 aliphatic heterocycles. The molecule has 1 aromatic carbocycles. The first-order chi connectivity index (χ1) is 16.0. The first-order valence-corrected chi connectivity index (χ1v) is 11.6. The van der Waals surface area contributed by atoms with Crippen LogP contribution in [0.25, 0.3) is 16.7 Å². The second-order valence-electron chi connectivity index (χ2n) is 8.48. The number of benzene rings is 1. The molecule has 0 radical (unpaired) electrons. The van der Waals surface area contributed by atoms with Crippen LogP contribution in [-0.4, -0.2) is 71.9 Å². The van der Waals surface area contributed by atoms with Gasteiger partial charge >= 0.3 is 0 Å². The van der Waals surface area contributed by atoms with Gasteiger partial charge in [-0.1, -0.05) is 11.6 Å². The van der Waals surface area contributed by atoms with Crippen molar-refractivity contribution >= 4 is 28.4 Å². The molecule has 4 rings (SSSR count). The number of nitrogens with zero attached hydrogens (tertiary/aromatic N) is 3. The molecule has 1 N–H and O–H groups in total. The number of aromatic nitrogens is 2. The number of aliphatic hydroxyl groups is 1. The number of aliphatic hydroxyl groups excluding tert-OH is 1. The van der Waals surface area contributed by atoms with E-state index in [1.165, 1.54) is 0 Å². The number of rotatable bonds is 9. The zero-order valence-corrected chi connectivity index (χ0v) is 19.8. The number of ether oxygens (including phenoxy) is 2. The molecule has 7 nitrogen and oxygen atoms in total. The van der Waals surface area contributed by atoms with E-state index in [0.29, 0.717) is 47.5 Å². The van der Waals surface area contributed by atoms with Crippen molar-refractivity contribution in [3.8, 4) is 11.4 Å². The highest BCUT2D eigenvalue weighted by Crippen LogP contribution is 2.31. The van der Waals surface area contributed by atoms with Crippen LogP contribution in [0.5, 0.6) is 5.75 Å². The van der Waals surface area contributed by atoms with E-state index in [-0.39, 0.29) is 12.4 Å². The third kappa shape index (κ3) is 5.22. The highest BCUT2D eigenvalue weighted by Gasteiger charge is 2.26. The standard InChI is InChI=1S/C25H30ClN3O4/c1-17-24(23(31)15-28-9-7-18(16-30)8-10-28)25-22(13-21(14-27-25)33-12-11-32-2)29(17)20-5-3-19(26)4-6-20/h3-6,13-14,18,30H,7-12,15-16H2,1-2H3. The highest BCUT2D eigenvalue weighted by atomic mass is 35.5. The summed E-state index contributed by atoms with van der Waals surface area (Å²) in [5.41, 5.74) is 3.85. The lowest BCUT2D eigenvalue weighted by Crippen LogP contribution is -2.38. The monoisotopic (exact) mass is 471 g/mol. The number of halogens is 1. The number of carbonyl (C=O) groups is 1. The SMILES string of the molecule is COCCOc1cnc2c(C(=O)CN3CCC(CO)CC3)c(C)n(-c3ccc(Cl)cc3)c2c1. The Labute approximate surface area is 198 Å². The predicted octanol–water partition coefficient (Wildman–Crippen LogP) is 3.90. The molecular formula is C25H30ClN3O4. The fraction of sp³-hybridized carbons (Fsp3) is 0.440. The molecule has 3 heterocycles. The third-order valence-electron chi connectivity index (χ3n) is 6.27. The molecular weight excluding hydrogens is 442 g/mol. The number of likely N-dealkylation sites (tertiary alicyclic amines) is 1. The van der Waals surface area contributed by atoms with Crippen LogP contribution in [0.4, 0.5) is 0 Å². The van der Waals surface area contributed by atoms with E-state index >= 15 is 0 Å². The van der Waals surface area contributed by atoms with E-state index in [2.05, 4.69) is 9.88 Å². The van der Waals surface area contributed by atoms with E-state index in [4.69, 9.17) is 21.1 Å². The molecule has 0 atom stereocenters. The lowest BCUT2D eigenvalue weighted by atomic mass is 9.97. The molecule has 0 spiro atoms. The molecule has 176 valence electrons. The van der Waals surface area contributed by atoms with Crippen LogP contribution >= 0.6 is 11.6 Å². The maximum Gasteiger partial charge on any atom is 0.180 e. The lowest BCUT2D eigenvalue weighted by Gasteiger charge is -2.30. The number of hydrogen-bond donors (Lipinski definition) is 1. The number of methoxy groups -OCH3 is 1. The minimum Gasteiger partial charge on any atom is -0.489 e. The second kappa shape index (κ2) is 10.7. The van der Waals surface area contributed by atoms with Gasteiger partial charge < -0.3 is 19.1 Å².